The van der Waals surface area contributed by atoms with Crippen LogP contribution in [-0.2, 0) is 14.7 Å². The summed E-state index contributed by atoms with van der Waals surface area (Å²) in [6, 6.07) is 8.69. The van der Waals surface area contributed by atoms with Crippen LogP contribution in [0.15, 0.2) is 24.3 Å². The molecular formula is C8H13Cl3SiTi. The fourth-order valence-corrected chi connectivity index (χ4v) is 2.07. The first-order chi connectivity index (χ1) is 5.84. The second kappa shape index (κ2) is 6.60. The molecule has 74 valence electrons. The summed E-state index contributed by atoms with van der Waals surface area (Å²) in [5.41, 5.74) is 0. The van der Waals surface area contributed by atoms with Gasteiger partial charge in [0.1, 0.15) is 0 Å². The molecule has 1 aromatic carbocycles. The number of hydrogen-bond donors (Lipinski definition) is 0. The van der Waals surface area contributed by atoms with Gasteiger partial charge >= 0.3 is 42.6 Å². The Morgan fingerprint density at radius 2 is 1.31 bits per heavy atom. The molecule has 0 saturated heterocycles. The number of hydrogen-bond acceptors (Lipinski definition) is 0. The summed E-state index contributed by atoms with van der Waals surface area (Å²) in [5, 5.41) is 1.56. The van der Waals surface area contributed by atoms with Crippen molar-refractivity contribution in [3.05, 3.63) is 24.3 Å². The molecule has 0 heterocycles. The summed E-state index contributed by atoms with van der Waals surface area (Å²) in [4.78, 5) is 0. The van der Waals surface area contributed by atoms with E-state index in [0.717, 1.165) is 0 Å². The van der Waals surface area contributed by atoms with Crippen LogP contribution in [0.3, 0.4) is 0 Å². The van der Waals surface area contributed by atoms with Crippen LogP contribution in [0.2, 0.25) is 19.6 Å². The van der Waals surface area contributed by atoms with Crippen molar-refractivity contribution in [2.24, 2.45) is 0 Å². The molecule has 0 bridgehead atoms. The maximum absolute atomic E-state index is 4.97. The van der Waals surface area contributed by atoms with Crippen molar-refractivity contribution in [3.8, 4) is 0 Å². The van der Waals surface area contributed by atoms with E-state index < -0.39 is 22.8 Å². The van der Waals surface area contributed by atoms with Crippen molar-refractivity contribution in [1.29, 1.82) is 0 Å². The van der Waals surface area contributed by atoms with Crippen LogP contribution in [0.4, 0.5) is 0 Å². The van der Waals surface area contributed by atoms with E-state index in [1.54, 1.807) is 5.19 Å². The zero-order valence-corrected chi connectivity index (χ0v) is 12.8. The van der Waals surface area contributed by atoms with E-state index in [2.05, 4.69) is 43.9 Å². The predicted molar refractivity (Wildman–Crippen MR) is 62.6 cm³/mol. The monoisotopic (exact) mass is 290 g/mol. The van der Waals surface area contributed by atoms with E-state index in [1.807, 2.05) is 0 Å². The van der Waals surface area contributed by atoms with E-state index in [4.69, 9.17) is 27.9 Å². The minimum absolute atomic E-state index is 0.981. The maximum atomic E-state index is 4.97. The van der Waals surface area contributed by atoms with Gasteiger partial charge < -0.3 is 0 Å². The SMILES string of the molecule is C[Si](C)(C)[c-]1cccc1.[Cl][Ti+]([Cl])[Cl]. The van der Waals surface area contributed by atoms with Gasteiger partial charge in [-0.15, -0.1) is 0 Å². The summed E-state index contributed by atoms with van der Waals surface area (Å²) < 4.78 is 0. The zero-order chi connectivity index (χ0) is 10.5. The summed E-state index contributed by atoms with van der Waals surface area (Å²) in [6.07, 6.45) is 0. The molecule has 0 fully saturated rings. The molecular weight excluding hydrogens is 278 g/mol. The van der Waals surface area contributed by atoms with Gasteiger partial charge in [0.2, 0.25) is 0 Å². The molecule has 0 unspecified atom stereocenters. The molecule has 0 amide bonds. The average molecular weight is 292 g/mol. The van der Waals surface area contributed by atoms with E-state index in [9.17, 15) is 0 Å². The average Bonchev–Trinajstić information content (AvgIpc) is 2.31. The van der Waals surface area contributed by atoms with Crippen LogP contribution >= 0.6 is 27.9 Å². The number of halogens is 3. The second-order valence-corrected chi connectivity index (χ2v) is 16.5. The van der Waals surface area contributed by atoms with Crippen molar-refractivity contribution < 1.29 is 14.7 Å². The topological polar surface area (TPSA) is 0 Å². The summed E-state index contributed by atoms with van der Waals surface area (Å²) in [6.45, 7) is 7.09. The van der Waals surface area contributed by atoms with Crippen molar-refractivity contribution >= 4 is 41.2 Å². The third kappa shape index (κ3) is 8.17. The molecule has 5 heteroatoms. The first-order valence-electron chi connectivity index (χ1n) is 3.89. The van der Waals surface area contributed by atoms with Crippen molar-refractivity contribution in [3.63, 3.8) is 0 Å². The van der Waals surface area contributed by atoms with E-state index in [-0.39, 0.29) is 0 Å². The molecule has 1 aromatic rings. The van der Waals surface area contributed by atoms with Crippen molar-refractivity contribution in [1.82, 2.24) is 0 Å². The zero-order valence-electron chi connectivity index (χ0n) is 7.94. The Balaban J connectivity index is 0.000000310. The first-order valence-corrected chi connectivity index (χ1v) is 13.8. The van der Waals surface area contributed by atoms with Crippen LogP contribution in [0.1, 0.15) is 0 Å². The summed E-state index contributed by atoms with van der Waals surface area (Å²) >= 11 is -1.92. The van der Waals surface area contributed by atoms with E-state index in [1.165, 1.54) is 0 Å². The first kappa shape index (κ1) is 14.2. The Bertz CT molecular complexity index is 213. The quantitative estimate of drug-likeness (QED) is 0.541. The van der Waals surface area contributed by atoms with Gasteiger partial charge in [0.15, 0.2) is 0 Å². The van der Waals surface area contributed by atoms with Crippen LogP contribution in [0.5, 0.6) is 0 Å². The molecule has 0 aliphatic heterocycles. The predicted octanol–water partition coefficient (Wildman–Crippen LogP) is 4.02. The van der Waals surface area contributed by atoms with Gasteiger partial charge in [-0.3, -0.25) is 0 Å². The molecule has 0 aliphatic rings. The molecule has 1 rings (SSSR count). The molecule has 0 spiro atoms. The minimum atomic E-state index is -1.92. The Morgan fingerprint density at radius 3 is 1.46 bits per heavy atom. The third-order valence-corrected chi connectivity index (χ3v) is 3.59. The second-order valence-electron chi connectivity index (χ2n) is 3.64. The van der Waals surface area contributed by atoms with Crippen molar-refractivity contribution in [2.45, 2.75) is 19.6 Å². The van der Waals surface area contributed by atoms with Gasteiger partial charge in [-0.1, -0.05) is 19.6 Å². The third-order valence-electron chi connectivity index (χ3n) is 1.53. The van der Waals surface area contributed by atoms with E-state index in [0.29, 0.717) is 0 Å². The Labute approximate surface area is 99.0 Å². The fourth-order valence-electron chi connectivity index (χ4n) is 0.874. The molecule has 0 aromatic heterocycles. The Morgan fingerprint density at radius 1 is 1.00 bits per heavy atom. The summed E-state index contributed by atoms with van der Waals surface area (Å²) in [5.74, 6) is 0. The van der Waals surface area contributed by atoms with Crippen molar-refractivity contribution in [2.75, 3.05) is 0 Å². The molecule has 13 heavy (non-hydrogen) atoms. The molecule has 0 aliphatic carbocycles. The molecule has 0 radical (unpaired) electrons. The Hall–Kier alpha value is 1.15. The van der Waals surface area contributed by atoms with Crippen LogP contribution in [-0.4, -0.2) is 8.07 Å². The normalized spacial score (nSPS) is 10.3. The van der Waals surface area contributed by atoms with E-state index >= 15 is 0 Å². The fraction of sp³-hybridized carbons (Fsp3) is 0.375. The van der Waals surface area contributed by atoms with Crippen LogP contribution in [0.25, 0.3) is 0 Å². The van der Waals surface area contributed by atoms with Crippen LogP contribution < -0.4 is 5.19 Å². The molecule has 0 saturated carbocycles. The van der Waals surface area contributed by atoms with Gasteiger partial charge in [0.05, 0.1) is 0 Å². The van der Waals surface area contributed by atoms with Gasteiger partial charge in [-0.2, -0.15) is 17.3 Å². The number of rotatable bonds is 1. The standard InChI is InChI=1S/C8H13Si.3ClH.Ti/c1-9(2,3)8-6-4-5-7-8;;;;/h4-7H,1-3H3;3*1H;/q-1;;;;+4/p-3. The van der Waals surface area contributed by atoms with Gasteiger partial charge in [-0.25, -0.2) is 12.1 Å². The Kier molecular flexibility index (Phi) is 7.19. The summed E-state index contributed by atoms with van der Waals surface area (Å²) in [7, 11) is 13.9. The molecule has 0 N–H and O–H groups in total. The van der Waals surface area contributed by atoms with Crippen LogP contribution in [0, 0.1) is 0 Å². The molecule has 0 nitrogen and oxygen atoms in total. The van der Waals surface area contributed by atoms with Gasteiger partial charge in [-0.05, 0) is 0 Å². The van der Waals surface area contributed by atoms with Gasteiger partial charge in [0, 0.05) is 8.07 Å². The molecule has 0 atom stereocenters. The van der Waals surface area contributed by atoms with Gasteiger partial charge in [0.25, 0.3) is 0 Å².